The third-order valence-corrected chi connectivity index (χ3v) is 3.14. The van der Waals surface area contributed by atoms with Gasteiger partial charge in [-0.1, -0.05) is 6.07 Å². The summed E-state index contributed by atoms with van der Waals surface area (Å²) < 4.78 is 6.02. The fourth-order valence-electron chi connectivity index (χ4n) is 1.79. The SMILES string of the molecule is COCc1cc(N)c2c(C)ccc(Br)c2n1. The molecule has 2 rings (SSSR count). The number of aryl methyl sites for hydroxylation is 1. The molecule has 0 amide bonds. The van der Waals surface area contributed by atoms with E-state index in [2.05, 4.69) is 20.9 Å². The van der Waals surface area contributed by atoms with Gasteiger partial charge >= 0.3 is 0 Å². The monoisotopic (exact) mass is 280 g/mol. The van der Waals surface area contributed by atoms with Crippen molar-refractivity contribution in [2.75, 3.05) is 12.8 Å². The Balaban J connectivity index is 2.76. The first-order valence-corrected chi connectivity index (χ1v) is 5.76. The lowest BCUT2D eigenvalue weighted by Gasteiger charge is -2.09. The number of nitrogen functional groups attached to an aromatic ring is 1. The van der Waals surface area contributed by atoms with Gasteiger partial charge in [0.1, 0.15) is 0 Å². The number of anilines is 1. The van der Waals surface area contributed by atoms with Gasteiger partial charge < -0.3 is 10.5 Å². The van der Waals surface area contributed by atoms with E-state index in [1.165, 1.54) is 0 Å². The lowest BCUT2D eigenvalue weighted by atomic mass is 10.1. The minimum Gasteiger partial charge on any atom is -0.398 e. The van der Waals surface area contributed by atoms with Gasteiger partial charge in [0.25, 0.3) is 0 Å². The van der Waals surface area contributed by atoms with Gasteiger partial charge in [-0.3, -0.25) is 0 Å². The Labute approximate surface area is 103 Å². The highest BCUT2D eigenvalue weighted by molar-refractivity contribution is 9.10. The summed E-state index contributed by atoms with van der Waals surface area (Å²) in [5.74, 6) is 0. The summed E-state index contributed by atoms with van der Waals surface area (Å²) in [6.45, 7) is 2.50. The van der Waals surface area contributed by atoms with Crippen LogP contribution in [0.15, 0.2) is 22.7 Å². The first-order valence-electron chi connectivity index (χ1n) is 4.96. The predicted molar refractivity (Wildman–Crippen MR) is 69.3 cm³/mol. The van der Waals surface area contributed by atoms with Gasteiger partial charge in [-0.25, -0.2) is 4.98 Å². The van der Waals surface area contributed by atoms with Crippen LogP contribution in [0.2, 0.25) is 0 Å². The van der Waals surface area contributed by atoms with E-state index in [0.717, 1.165) is 32.3 Å². The third-order valence-electron chi connectivity index (χ3n) is 2.50. The summed E-state index contributed by atoms with van der Waals surface area (Å²) in [7, 11) is 1.65. The Morgan fingerprint density at radius 3 is 2.88 bits per heavy atom. The maximum absolute atomic E-state index is 6.04. The Morgan fingerprint density at radius 1 is 1.44 bits per heavy atom. The van der Waals surface area contributed by atoms with E-state index in [4.69, 9.17) is 10.5 Å². The number of nitrogens with two attached hydrogens (primary N) is 1. The topological polar surface area (TPSA) is 48.1 Å². The lowest BCUT2D eigenvalue weighted by Crippen LogP contribution is -1.98. The number of methoxy groups -OCH3 is 1. The first-order chi connectivity index (χ1) is 7.63. The molecule has 0 atom stereocenters. The van der Waals surface area contributed by atoms with Crippen molar-refractivity contribution in [3.05, 3.63) is 33.9 Å². The molecule has 2 aromatic rings. The molecule has 0 aliphatic rings. The highest BCUT2D eigenvalue weighted by atomic mass is 79.9. The molecule has 84 valence electrons. The number of halogens is 1. The number of ether oxygens (including phenoxy) is 1. The zero-order valence-electron chi connectivity index (χ0n) is 9.25. The molecule has 4 heteroatoms. The zero-order valence-corrected chi connectivity index (χ0v) is 10.8. The average Bonchev–Trinajstić information content (AvgIpc) is 2.23. The standard InChI is InChI=1S/C12H13BrN2O/c1-7-3-4-9(13)12-11(7)10(14)5-8(15-12)6-16-2/h3-5H,6H2,1-2H3,(H2,14,15). The molecule has 2 N–H and O–H groups in total. The Kier molecular flexibility index (Phi) is 3.12. The molecular weight excluding hydrogens is 268 g/mol. The molecule has 0 spiro atoms. The normalized spacial score (nSPS) is 10.9. The lowest BCUT2D eigenvalue weighted by molar-refractivity contribution is 0.182. The summed E-state index contributed by atoms with van der Waals surface area (Å²) in [6.07, 6.45) is 0. The molecule has 0 bridgehead atoms. The molecule has 0 aliphatic carbocycles. The number of rotatable bonds is 2. The fourth-order valence-corrected chi connectivity index (χ4v) is 2.21. The molecule has 1 aromatic heterocycles. The summed E-state index contributed by atoms with van der Waals surface area (Å²) >= 11 is 3.49. The molecule has 0 saturated heterocycles. The molecule has 3 nitrogen and oxygen atoms in total. The molecular formula is C12H13BrN2O. The Bertz CT molecular complexity index is 540. The van der Waals surface area contributed by atoms with E-state index >= 15 is 0 Å². The second kappa shape index (κ2) is 4.39. The van der Waals surface area contributed by atoms with E-state index in [1.54, 1.807) is 7.11 Å². The van der Waals surface area contributed by atoms with Crippen molar-refractivity contribution in [2.45, 2.75) is 13.5 Å². The van der Waals surface area contributed by atoms with Crippen molar-refractivity contribution in [2.24, 2.45) is 0 Å². The minimum atomic E-state index is 0.473. The van der Waals surface area contributed by atoms with Crippen LogP contribution in [0, 0.1) is 6.92 Å². The van der Waals surface area contributed by atoms with Crippen molar-refractivity contribution in [3.63, 3.8) is 0 Å². The fraction of sp³-hybridized carbons (Fsp3) is 0.250. The van der Waals surface area contributed by atoms with E-state index in [9.17, 15) is 0 Å². The zero-order chi connectivity index (χ0) is 11.7. The number of aromatic nitrogens is 1. The van der Waals surface area contributed by atoms with Crippen LogP contribution in [0.5, 0.6) is 0 Å². The van der Waals surface area contributed by atoms with Crippen molar-refractivity contribution in [1.29, 1.82) is 0 Å². The van der Waals surface area contributed by atoms with Gasteiger partial charge in [-0.05, 0) is 40.5 Å². The van der Waals surface area contributed by atoms with Crippen molar-refractivity contribution in [1.82, 2.24) is 4.98 Å². The highest BCUT2D eigenvalue weighted by Gasteiger charge is 2.08. The molecule has 0 aliphatic heterocycles. The van der Waals surface area contributed by atoms with E-state index in [1.807, 2.05) is 25.1 Å². The summed E-state index contributed by atoms with van der Waals surface area (Å²) in [4.78, 5) is 4.53. The van der Waals surface area contributed by atoms with Gasteiger partial charge in [0.05, 0.1) is 17.8 Å². The third kappa shape index (κ3) is 1.90. The van der Waals surface area contributed by atoms with Crippen LogP contribution >= 0.6 is 15.9 Å². The van der Waals surface area contributed by atoms with Gasteiger partial charge in [0, 0.05) is 22.7 Å². The number of pyridine rings is 1. The van der Waals surface area contributed by atoms with E-state index in [0.29, 0.717) is 6.61 Å². The quantitative estimate of drug-likeness (QED) is 0.920. The smallest absolute Gasteiger partial charge is 0.0885 e. The van der Waals surface area contributed by atoms with Crippen LogP contribution in [0.1, 0.15) is 11.3 Å². The Hall–Kier alpha value is -1.13. The van der Waals surface area contributed by atoms with Crippen molar-refractivity contribution in [3.8, 4) is 0 Å². The Morgan fingerprint density at radius 2 is 2.19 bits per heavy atom. The molecule has 0 radical (unpaired) electrons. The number of hydrogen-bond donors (Lipinski definition) is 1. The molecule has 1 heterocycles. The van der Waals surface area contributed by atoms with Gasteiger partial charge in [-0.2, -0.15) is 0 Å². The number of fused-ring (bicyclic) bond motifs is 1. The van der Waals surface area contributed by atoms with Crippen LogP contribution in [-0.2, 0) is 11.3 Å². The number of hydrogen-bond acceptors (Lipinski definition) is 3. The molecule has 0 unspecified atom stereocenters. The molecule has 16 heavy (non-hydrogen) atoms. The largest absolute Gasteiger partial charge is 0.398 e. The van der Waals surface area contributed by atoms with Crippen LogP contribution in [-0.4, -0.2) is 12.1 Å². The highest BCUT2D eigenvalue weighted by Crippen LogP contribution is 2.30. The van der Waals surface area contributed by atoms with Gasteiger partial charge in [-0.15, -0.1) is 0 Å². The van der Waals surface area contributed by atoms with E-state index < -0.39 is 0 Å². The van der Waals surface area contributed by atoms with Crippen molar-refractivity contribution >= 4 is 32.5 Å². The molecule has 0 saturated carbocycles. The van der Waals surface area contributed by atoms with Crippen LogP contribution in [0.3, 0.4) is 0 Å². The molecule has 1 aromatic carbocycles. The maximum atomic E-state index is 6.04. The maximum Gasteiger partial charge on any atom is 0.0885 e. The first kappa shape index (κ1) is 11.4. The number of benzene rings is 1. The van der Waals surface area contributed by atoms with Crippen LogP contribution in [0.25, 0.3) is 10.9 Å². The minimum absolute atomic E-state index is 0.473. The summed E-state index contributed by atoms with van der Waals surface area (Å²) in [5.41, 5.74) is 9.66. The number of nitrogens with zero attached hydrogens (tertiary/aromatic N) is 1. The van der Waals surface area contributed by atoms with Crippen molar-refractivity contribution < 1.29 is 4.74 Å². The summed E-state index contributed by atoms with van der Waals surface area (Å²) in [5, 5.41) is 1.01. The second-order valence-corrected chi connectivity index (χ2v) is 4.58. The summed E-state index contributed by atoms with van der Waals surface area (Å²) in [6, 6.07) is 5.88. The average molecular weight is 281 g/mol. The van der Waals surface area contributed by atoms with Gasteiger partial charge in [0.15, 0.2) is 0 Å². The van der Waals surface area contributed by atoms with Gasteiger partial charge in [0.2, 0.25) is 0 Å². The van der Waals surface area contributed by atoms with Crippen LogP contribution < -0.4 is 5.73 Å². The van der Waals surface area contributed by atoms with E-state index in [-0.39, 0.29) is 0 Å². The second-order valence-electron chi connectivity index (χ2n) is 3.72. The van der Waals surface area contributed by atoms with Crippen LogP contribution in [0.4, 0.5) is 5.69 Å². The molecule has 0 fully saturated rings. The predicted octanol–water partition coefficient (Wildman–Crippen LogP) is 3.03.